The molecule has 40 heavy (non-hydrogen) atoms. The summed E-state index contributed by atoms with van der Waals surface area (Å²) in [5.41, 5.74) is 2.21. The van der Waals surface area contributed by atoms with E-state index in [4.69, 9.17) is 0 Å². The third-order valence-electron chi connectivity index (χ3n) is 7.20. The third-order valence-corrected chi connectivity index (χ3v) is 7.20. The van der Waals surface area contributed by atoms with Crippen molar-refractivity contribution in [2.75, 3.05) is 62.6 Å². The van der Waals surface area contributed by atoms with E-state index in [1.807, 2.05) is 11.0 Å². The van der Waals surface area contributed by atoms with Gasteiger partial charge in [0.2, 0.25) is 0 Å². The van der Waals surface area contributed by atoms with Crippen LogP contribution in [-0.4, -0.2) is 79.9 Å². The Kier molecular flexibility index (Phi) is 8.35. The van der Waals surface area contributed by atoms with Gasteiger partial charge < -0.3 is 25.3 Å². The summed E-state index contributed by atoms with van der Waals surface area (Å²) in [5.74, 6) is -1.68. The molecule has 208 valence electrons. The Morgan fingerprint density at radius 3 is 2.08 bits per heavy atom. The van der Waals surface area contributed by atoms with Crippen LogP contribution in [0.25, 0.3) is 0 Å². The number of carbonyl (C=O) groups excluding carboxylic acids is 3. The molecule has 0 saturated carbocycles. The van der Waals surface area contributed by atoms with Gasteiger partial charge in [-0.2, -0.15) is 0 Å². The number of rotatable bonds is 5. The summed E-state index contributed by atoms with van der Waals surface area (Å²) in [6.07, 6.45) is 0.858. The predicted molar refractivity (Wildman–Crippen MR) is 149 cm³/mol. The van der Waals surface area contributed by atoms with Crippen LogP contribution in [0.5, 0.6) is 0 Å². The van der Waals surface area contributed by atoms with Crippen molar-refractivity contribution in [2.45, 2.75) is 6.42 Å². The van der Waals surface area contributed by atoms with Crippen molar-refractivity contribution in [1.29, 1.82) is 0 Å². The Morgan fingerprint density at radius 1 is 0.675 bits per heavy atom. The molecule has 0 aromatic heterocycles. The van der Waals surface area contributed by atoms with Gasteiger partial charge in [-0.25, -0.2) is 8.78 Å². The highest BCUT2D eigenvalue weighted by Gasteiger charge is 2.26. The molecule has 2 fully saturated rings. The molecule has 0 unspecified atom stereocenters. The third kappa shape index (κ3) is 6.28. The minimum atomic E-state index is -0.461. The molecule has 3 aromatic rings. The minimum absolute atomic E-state index is 0.113. The van der Waals surface area contributed by atoms with Crippen LogP contribution in [0.2, 0.25) is 0 Å². The number of anilines is 2. The van der Waals surface area contributed by atoms with Crippen LogP contribution in [0, 0.1) is 11.6 Å². The molecule has 3 amide bonds. The SMILES string of the molecule is O=C(Nc1cc(C(=O)N2CCCNCC2)ccc1N1CCN(C(=O)c2cccc(F)c2)CC1)c1ccc(F)cc1. The number of amides is 3. The van der Waals surface area contributed by atoms with Gasteiger partial charge in [0.1, 0.15) is 11.6 Å². The van der Waals surface area contributed by atoms with E-state index in [-0.39, 0.29) is 17.4 Å². The fourth-order valence-electron chi connectivity index (χ4n) is 5.03. The van der Waals surface area contributed by atoms with E-state index < -0.39 is 17.5 Å². The molecule has 8 nitrogen and oxygen atoms in total. The molecule has 2 aliphatic rings. The lowest BCUT2D eigenvalue weighted by atomic mass is 10.1. The van der Waals surface area contributed by atoms with Crippen LogP contribution < -0.4 is 15.5 Å². The lowest BCUT2D eigenvalue weighted by Crippen LogP contribution is -2.49. The topological polar surface area (TPSA) is 85.0 Å². The highest BCUT2D eigenvalue weighted by Crippen LogP contribution is 2.30. The largest absolute Gasteiger partial charge is 0.366 e. The van der Waals surface area contributed by atoms with Gasteiger partial charge in [-0.3, -0.25) is 14.4 Å². The van der Waals surface area contributed by atoms with Crippen LogP contribution in [-0.2, 0) is 0 Å². The molecule has 2 heterocycles. The van der Waals surface area contributed by atoms with Gasteiger partial charge in [0.25, 0.3) is 17.7 Å². The monoisotopic (exact) mass is 547 g/mol. The zero-order valence-electron chi connectivity index (χ0n) is 22.0. The zero-order chi connectivity index (χ0) is 28.1. The second-order valence-electron chi connectivity index (χ2n) is 9.88. The molecular weight excluding hydrogens is 516 g/mol. The number of benzene rings is 3. The first-order valence-corrected chi connectivity index (χ1v) is 13.4. The fourth-order valence-corrected chi connectivity index (χ4v) is 5.03. The van der Waals surface area contributed by atoms with E-state index in [0.717, 1.165) is 19.5 Å². The van der Waals surface area contributed by atoms with Gasteiger partial charge in [0.15, 0.2) is 0 Å². The number of nitrogens with one attached hydrogen (secondary N) is 2. The van der Waals surface area contributed by atoms with Crippen LogP contribution in [0.1, 0.15) is 37.5 Å². The van der Waals surface area contributed by atoms with Crippen LogP contribution in [0.3, 0.4) is 0 Å². The Labute approximate surface area is 231 Å². The second-order valence-corrected chi connectivity index (χ2v) is 9.88. The van der Waals surface area contributed by atoms with E-state index in [1.165, 1.54) is 42.5 Å². The van der Waals surface area contributed by atoms with Crippen molar-refractivity contribution in [3.63, 3.8) is 0 Å². The summed E-state index contributed by atoms with van der Waals surface area (Å²) in [6.45, 7) is 4.58. The number of hydrogen-bond acceptors (Lipinski definition) is 5. The van der Waals surface area contributed by atoms with Gasteiger partial charge in [-0.1, -0.05) is 6.07 Å². The number of halogens is 2. The first-order chi connectivity index (χ1) is 19.4. The standard InChI is InChI=1S/C30H31F2N5O3/c31-24-8-5-21(6-9-24)28(38)34-26-20-23(30(40)36-13-2-11-33-12-14-36)7-10-27(26)35-15-17-37(18-16-35)29(39)22-3-1-4-25(32)19-22/h1,3-10,19-20,33H,2,11-18H2,(H,34,38). The number of hydrogen-bond donors (Lipinski definition) is 2. The molecule has 5 rings (SSSR count). The highest BCUT2D eigenvalue weighted by atomic mass is 19.1. The highest BCUT2D eigenvalue weighted by molar-refractivity contribution is 6.07. The van der Waals surface area contributed by atoms with Gasteiger partial charge in [0.05, 0.1) is 11.4 Å². The summed E-state index contributed by atoms with van der Waals surface area (Å²) >= 11 is 0. The Balaban J connectivity index is 1.37. The Morgan fingerprint density at radius 2 is 1.35 bits per heavy atom. The lowest BCUT2D eigenvalue weighted by molar-refractivity contribution is 0.0743. The zero-order valence-corrected chi connectivity index (χ0v) is 22.0. The average molecular weight is 548 g/mol. The smallest absolute Gasteiger partial charge is 0.255 e. The van der Waals surface area contributed by atoms with E-state index >= 15 is 0 Å². The van der Waals surface area contributed by atoms with E-state index in [9.17, 15) is 23.2 Å². The molecule has 2 aliphatic heterocycles. The maximum Gasteiger partial charge on any atom is 0.255 e. The van der Waals surface area contributed by atoms with Crippen molar-refractivity contribution < 1.29 is 23.2 Å². The van der Waals surface area contributed by atoms with Gasteiger partial charge in [-0.15, -0.1) is 0 Å². The van der Waals surface area contributed by atoms with Gasteiger partial charge in [-0.05, 0) is 73.6 Å². The van der Waals surface area contributed by atoms with E-state index in [2.05, 4.69) is 10.6 Å². The lowest BCUT2D eigenvalue weighted by Gasteiger charge is -2.37. The van der Waals surface area contributed by atoms with E-state index in [1.54, 1.807) is 28.0 Å². The summed E-state index contributed by atoms with van der Waals surface area (Å²) < 4.78 is 27.1. The molecule has 10 heteroatoms. The normalized spacial score (nSPS) is 15.9. The van der Waals surface area contributed by atoms with Crippen molar-refractivity contribution >= 4 is 29.1 Å². The molecule has 2 N–H and O–H groups in total. The van der Waals surface area contributed by atoms with Crippen LogP contribution >= 0.6 is 0 Å². The summed E-state index contributed by atoms with van der Waals surface area (Å²) in [5, 5.41) is 6.20. The molecule has 0 radical (unpaired) electrons. The second kappa shape index (κ2) is 12.3. The van der Waals surface area contributed by atoms with Crippen molar-refractivity contribution in [2.24, 2.45) is 0 Å². The summed E-state index contributed by atoms with van der Waals surface area (Å²) in [6, 6.07) is 16.1. The van der Waals surface area contributed by atoms with Crippen LogP contribution in [0.4, 0.5) is 20.2 Å². The number of carbonyl (C=O) groups is 3. The molecular formula is C30H31F2N5O3. The average Bonchev–Trinajstić information content (AvgIpc) is 3.27. The Bertz CT molecular complexity index is 1380. The molecule has 0 bridgehead atoms. The predicted octanol–water partition coefficient (Wildman–Crippen LogP) is 3.62. The quantitative estimate of drug-likeness (QED) is 0.510. The van der Waals surface area contributed by atoms with Crippen molar-refractivity contribution in [3.8, 4) is 0 Å². The first-order valence-electron chi connectivity index (χ1n) is 13.4. The summed E-state index contributed by atoms with van der Waals surface area (Å²) in [7, 11) is 0. The van der Waals surface area contributed by atoms with Crippen LogP contribution in [0.15, 0.2) is 66.7 Å². The maximum absolute atomic E-state index is 13.6. The molecule has 3 aromatic carbocycles. The minimum Gasteiger partial charge on any atom is -0.366 e. The fraction of sp³-hybridized carbons (Fsp3) is 0.300. The molecule has 0 aliphatic carbocycles. The van der Waals surface area contributed by atoms with Crippen molar-refractivity contribution in [3.05, 3.63) is 95.1 Å². The van der Waals surface area contributed by atoms with Gasteiger partial charge in [0, 0.05) is 62.5 Å². The maximum atomic E-state index is 13.6. The first kappa shape index (κ1) is 27.3. The molecule has 0 spiro atoms. The molecule has 0 atom stereocenters. The van der Waals surface area contributed by atoms with Crippen molar-refractivity contribution in [1.82, 2.24) is 15.1 Å². The molecule has 2 saturated heterocycles. The van der Waals surface area contributed by atoms with E-state index in [0.29, 0.717) is 61.8 Å². The summed E-state index contributed by atoms with van der Waals surface area (Å²) in [4.78, 5) is 44.8. The number of nitrogens with zero attached hydrogens (tertiary/aromatic N) is 3. The Hall–Kier alpha value is -4.31. The number of piperazine rings is 1. The van der Waals surface area contributed by atoms with Gasteiger partial charge >= 0.3 is 0 Å².